The smallest absolute Gasteiger partial charge is 0.356 e. The molecule has 0 bridgehead atoms. The number of esters is 1. The zero-order chi connectivity index (χ0) is 25.4. The number of aromatic nitrogens is 3. The number of pyridine rings is 2. The van der Waals surface area contributed by atoms with Gasteiger partial charge in [-0.2, -0.15) is 0 Å². The summed E-state index contributed by atoms with van der Waals surface area (Å²) in [4.78, 5) is 23.8. The monoisotopic (exact) mass is 546 g/mol. The van der Waals surface area contributed by atoms with Gasteiger partial charge in [-0.1, -0.05) is 22.0 Å². The number of carbonyl (C=O) groups excluding carboxylic acids is 1. The SMILES string of the molecule is Cc1cc(N2CCC(COC(=O)c3ccccn3)CC2)c2c(C)cn(-c3c(C)cc(Br)cc3C)c2n1. The first-order valence-corrected chi connectivity index (χ1v) is 13.2. The van der Waals surface area contributed by atoms with Gasteiger partial charge in [-0.15, -0.1) is 0 Å². The largest absolute Gasteiger partial charge is 0.461 e. The number of aryl methyl sites for hydroxylation is 4. The number of halogens is 1. The Labute approximate surface area is 220 Å². The zero-order valence-electron chi connectivity index (χ0n) is 21.2. The van der Waals surface area contributed by atoms with E-state index in [4.69, 9.17) is 9.72 Å². The fourth-order valence-corrected chi connectivity index (χ4v) is 5.99. The van der Waals surface area contributed by atoms with Crippen molar-refractivity contribution in [1.29, 1.82) is 0 Å². The van der Waals surface area contributed by atoms with Crippen molar-refractivity contribution in [2.24, 2.45) is 5.92 Å². The molecule has 36 heavy (non-hydrogen) atoms. The maximum absolute atomic E-state index is 12.3. The van der Waals surface area contributed by atoms with Gasteiger partial charge in [0, 0.05) is 46.7 Å². The molecular weight excluding hydrogens is 516 g/mol. The van der Waals surface area contributed by atoms with Crippen molar-refractivity contribution in [3.05, 3.63) is 81.3 Å². The van der Waals surface area contributed by atoms with Crippen molar-refractivity contribution in [3.63, 3.8) is 0 Å². The minimum atomic E-state index is -0.347. The number of ether oxygens (including phenoxy) is 1. The third-order valence-electron chi connectivity index (χ3n) is 7.03. The molecule has 0 amide bonds. The number of carbonyl (C=O) groups is 1. The van der Waals surface area contributed by atoms with Crippen molar-refractivity contribution in [1.82, 2.24) is 14.5 Å². The molecule has 1 saturated heterocycles. The van der Waals surface area contributed by atoms with Crippen molar-refractivity contribution in [2.75, 3.05) is 24.6 Å². The number of hydrogen-bond donors (Lipinski definition) is 0. The summed E-state index contributed by atoms with van der Waals surface area (Å²) in [6.07, 6.45) is 5.78. The highest BCUT2D eigenvalue weighted by atomic mass is 79.9. The highest BCUT2D eigenvalue weighted by Gasteiger charge is 2.25. The average molecular weight is 547 g/mol. The lowest BCUT2D eigenvalue weighted by molar-refractivity contribution is 0.0414. The highest BCUT2D eigenvalue weighted by Crippen LogP contribution is 2.36. The maximum Gasteiger partial charge on any atom is 0.356 e. The molecule has 0 radical (unpaired) electrons. The van der Waals surface area contributed by atoms with E-state index in [-0.39, 0.29) is 5.97 Å². The second kappa shape index (κ2) is 10.1. The maximum atomic E-state index is 12.3. The third kappa shape index (κ3) is 4.76. The van der Waals surface area contributed by atoms with Crippen LogP contribution in [0.25, 0.3) is 16.7 Å². The zero-order valence-corrected chi connectivity index (χ0v) is 22.8. The predicted molar refractivity (Wildman–Crippen MR) is 147 cm³/mol. The van der Waals surface area contributed by atoms with Gasteiger partial charge in [-0.25, -0.2) is 14.8 Å². The van der Waals surface area contributed by atoms with E-state index in [2.05, 4.69) is 82.5 Å². The molecule has 0 spiro atoms. The fourth-order valence-electron chi connectivity index (χ4n) is 5.31. The first-order chi connectivity index (χ1) is 17.3. The van der Waals surface area contributed by atoms with Crippen LogP contribution in [0.3, 0.4) is 0 Å². The van der Waals surface area contributed by atoms with Gasteiger partial charge in [0.15, 0.2) is 0 Å². The van der Waals surface area contributed by atoms with E-state index in [1.54, 1.807) is 24.4 Å². The van der Waals surface area contributed by atoms with Crippen LogP contribution in [0, 0.1) is 33.6 Å². The number of piperidine rings is 1. The number of rotatable bonds is 5. The van der Waals surface area contributed by atoms with Crippen molar-refractivity contribution in [3.8, 4) is 5.69 Å². The van der Waals surface area contributed by atoms with E-state index in [1.165, 1.54) is 33.5 Å². The average Bonchev–Trinajstić information content (AvgIpc) is 3.17. The lowest BCUT2D eigenvalue weighted by Crippen LogP contribution is -2.35. The summed E-state index contributed by atoms with van der Waals surface area (Å²) in [5, 5.41) is 1.21. The van der Waals surface area contributed by atoms with E-state index in [1.807, 2.05) is 0 Å². The summed E-state index contributed by atoms with van der Waals surface area (Å²) in [6, 6.07) is 11.8. The summed E-state index contributed by atoms with van der Waals surface area (Å²) in [5.41, 5.74) is 8.45. The van der Waals surface area contributed by atoms with E-state index < -0.39 is 0 Å². The van der Waals surface area contributed by atoms with Crippen molar-refractivity contribution >= 4 is 38.6 Å². The first kappa shape index (κ1) is 24.5. The van der Waals surface area contributed by atoms with Crippen LogP contribution in [0.1, 0.15) is 45.7 Å². The van der Waals surface area contributed by atoms with E-state index >= 15 is 0 Å². The molecule has 0 aliphatic carbocycles. The van der Waals surface area contributed by atoms with Crippen molar-refractivity contribution in [2.45, 2.75) is 40.5 Å². The molecule has 1 aromatic carbocycles. The van der Waals surface area contributed by atoms with E-state index in [9.17, 15) is 4.79 Å². The minimum Gasteiger partial charge on any atom is -0.461 e. The second-order valence-corrected chi connectivity index (χ2v) is 10.7. The standard InChI is InChI=1S/C29H31BrN4O2/c1-18-13-23(30)14-19(2)27(18)34-16-20(3)26-25(15-21(4)32-28(26)34)33-11-8-22(9-12-33)17-36-29(35)24-7-5-6-10-31-24/h5-7,10,13-16,22H,8-9,11-12,17H2,1-4H3. The van der Waals surface area contributed by atoms with Crippen LogP contribution in [0.15, 0.2) is 53.3 Å². The predicted octanol–water partition coefficient (Wildman–Crippen LogP) is 6.49. The Morgan fingerprint density at radius 3 is 2.44 bits per heavy atom. The third-order valence-corrected chi connectivity index (χ3v) is 7.49. The number of hydrogen-bond acceptors (Lipinski definition) is 5. The molecule has 0 atom stereocenters. The summed E-state index contributed by atoms with van der Waals surface area (Å²) in [5.74, 6) is 0.00564. The number of nitrogens with zero attached hydrogens (tertiary/aromatic N) is 4. The van der Waals surface area contributed by atoms with Gasteiger partial charge in [0.25, 0.3) is 0 Å². The molecule has 4 aromatic rings. The van der Waals surface area contributed by atoms with E-state index in [0.29, 0.717) is 18.2 Å². The topological polar surface area (TPSA) is 60.2 Å². The molecule has 1 fully saturated rings. The summed E-state index contributed by atoms with van der Waals surface area (Å²) in [6.45, 7) is 10.8. The Morgan fingerprint density at radius 1 is 1.06 bits per heavy atom. The van der Waals surface area contributed by atoms with Crippen LogP contribution >= 0.6 is 15.9 Å². The van der Waals surface area contributed by atoms with Crippen LogP contribution in [0.5, 0.6) is 0 Å². The number of benzene rings is 1. The Kier molecular flexibility index (Phi) is 6.84. The Bertz CT molecular complexity index is 1400. The van der Waals surface area contributed by atoms with Gasteiger partial charge in [-0.3, -0.25) is 0 Å². The number of fused-ring (bicyclic) bond motifs is 1. The molecule has 0 unspecified atom stereocenters. The second-order valence-electron chi connectivity index (χ2n) is 9.80. The molecule has 1 aliphatic heterocycles. The normalized spacial score (nSPS) is 14.4. The molecule has 7 heteroatoms. The van der Waals surface area contributed by atoms with Crippen LogP contribution in [-0.2, 0) is 4.74 Å². The van der Waals surface area contributed by atoms with E-state index in [0.717, 1.165) is 41.7 Å². The molecule has 4 heterocycles. The van der Waals surface area contributed by atoms with Gasteiger partial charge in [0.1, 0.15) is 11.3 Å². The minimum absolute atomic E-state index is 0.347. The lowest BCUT2D eigenvalue weighted by Gasteiger charge is -2.34. The highest BCUT2D eigenvalue weighted by molar-refractivity contribution is 9.10. The van der Waals surface area contributed by atoms with Crippen molar-refractivity contribution < 1.29 is 9.53 Å². The number of anilines is 1. The molecule has 0 N–H and O–H groups in total. The van der Waals surface area contributed by atoms with Crippen LogP contribution < -0.4 is 4.90 Å². The molecular formula is C29H31BrN4O2. The van der Waals surface area contributed by atoms with Crippen LogP contribution in [0.4, 0.5) is 5.69 Å². The van der Waals surface area contributed by atoms with Crippen LogP contribution in [0.2, 0.25) is 0 Å². The summed E-state index contributed by atoms with van der Waals surface area (Å²) in [7, 11) is 0. The lowest BCUT2D eigenvalue weighted by atomic mass is 9.97. The molecule has 186 valence electrons. The quantitative estimate of drug-likeness (QED) is 0.268. The Morgan fingerprint density at radius 2 is 1.78 bits per heavy atom. The van der Waals surface area contributed by atoms with Gasteiger partial charge < -0.3 is 14.2 Å². The Balaban J connectivity index is 1.37. The van der Waals surface area contributed by atoms with Gasteiger partial charge in [0.2, 0.25) is 0 Å². The molecule has 5 rings (SSSR count). The fraction of sp³-hybridized carbons (Fsp3) is 0.345. The summed E-state index contributed by atoms with van der Waals surface area (Å²) >= 11 is 3.62. The Hall–Kier alpha value is -3.19. The van der Waals surface area contributed by atoms with Gasteiger partial charge >= 0.3 is 5.97 Å². The van der Waals surface area contributed by atoms with Gasteiger partial charge in [-0.05, 0) is 93.5 Å². The molecule has 0 saturated carbocycles. The molecule has 3 aromatic heterocycles. The molecule has 6 nitrogen and oxygen atoms in total. The van der Waals surface area contributed by atoms with Crippen LogP contribution in [-0.4, -0.2) is 40.2 Å². The first-order valence-electron chi connectivity index (χ1n) is 12.4. The summed E-state index contributed by atoms with van der Waals surface area (Å²) < 4.78 is 8.91. The van der Waals surface area contributed by atoms with Gasteiger partial charge in [0.05, 0.1) is 12.3 Å². The molecule has 1 aliphatic rings.